The maximum Gasteiger partial charge on any atom is 0.144 e. The maximum atomic E-state index is 6.78. The molecule has 0 aliphatic rings. The predicted octanol–water partition coefficient (Wildman–Crippen LogP) is 15.0. The average Bonchev–Trinajstić information content (AvgIpc) is 4.00. The highest BCUT2D eigenvalue weighted by molar-refractivity contribution is 7.26. The van der Waals surface area contributed by atoms with Gasteiger partial charge in [-0.3, -0.25) is 0 Å². The van der Waals surface area contributed by atoms with E-state index < -0.39 is 0 Å². The lowest BCUT2D eigenvalue weighted by molar-refractivity contribution is 0.672. The standard InChI is InChI=1S/C52H30N2OS/c1-2-12-35-31(10-1)11-9-18-43(35)54-45-17-7-4-14-37(45)42-29-33(21-26-47(42)54)32-20-25-46-41(28-32)36-13-3-6-16-44(36)53(46)34-22-23-38-39-24-27-50-51(52(39)55-48(38)30-34)40-15-5-8-19-49(40)56-50/h1-30H. The Labute approximate surface area is 324 Å². The first-order chi connectivity index (χ1) is 27.8. The zero-order chi connectivity index (χ0) is 36.5. The third kappa shape index (κ3) is 4.11. The van der Waals surface area contributed by atoms with E-state index in [0.717, 1.165) is 27.6 Å². The van der Waals surface area contributed by atoms with Crippen LogP contribution in [0.3, 0.4) is 0 Å². The molecule has 3 nitrogen and oxygen atoms in total. The number of hydrogen-bond acceptors (Lipinski definition) is 2. The van der Waals surface area contributed by atoms with Crippen LogP contribution < -0.4 is 0 Å². The minimum absolute atomic E-state index is 0.902. The monoisotopic (exact) mass is 730 g/mol. The summed E-state index contributed by atoms with van der Waals surface area (Å²) >= 11 is 1.83. The minimum atomic E-state index is 0.902. The molecule has 0 bridgehead atoms. The Bertz CT molecular complexity index is 3770. The van der Waals surface area contributed by atoms with Crippen LogP contribution in [0.5, 0.6) is 0 Å². The number of para-hydroxylation sites is 2. The SMILES string of the molecule is c1ccc2c(-n3c4ccccc4c4cc(-c5ccc6c(c5)c5ccccc5n6-c5ccc6c(c5)oc5c6ccc6sc7ccccc7c65)ccc43)cccc2c1. The molecule has 0 aliphatic carbocycles. The fourth-order valence-electron chi connectivity index (χ4n) is 9.42. The van der Waals surface area contributed by atoms with Gasteiger partial charge in [-0.2, -0.15) is 0 Å². The fourth-order valence-corrected chi connectivity index (χ4v) is 10.5. The molecule has 0 unspecified atom stereocenters. The quantitative estimate of drug-likeness (QED) is 0.177. The lowest BCUT2D eigenvalue weighted by Crippen LogP contribution is -1.95. The lowest BCUT2D eigenvalue weighted by atomic mass is 10.0. The molecule has 0 spiro atoms. The molecule has 0 radical (unpaired) electrons. The van der Waals surface area contributed by atoms with Gasteiger partial charge in [0.25, 0.3) is 0 Å². The van der Waals surface area contributed by atoms with Crippen LogP contribution in [0.25, 0.3) is 119 Å². The molecule has 56 heavy (non-hydrogen) atoms. The molecule has 0 N–H and O–H groups in total. The minimum Gasteiger partial charge on any atom is -0.455 e. The molecule has 4 aromatic heterocycles. The van der Waals surface area contributed by atoms with Gasteiger partial charge in [0.05, 0.1) is 27.8 Å². The Hall–Kier alpha value is -7.14. The number of thiophene rings is 1. The van der Waals surface area contributed by atoms with Crippen LogP contribution in [0.4, 0.5) is 0 Å². The molecule has 0 saturated carbocycles. The van der Waals surface area contributed by atoms with Gasteiger partial charge in [0.2, 0.25) is 0 Å². The average molecular weight is 731 g/mol. The summed E-state index contributed by atoms with van der Waals surface area (Å²) in [6.45, 7) is 0. The van der Waals surface area contributed by atoms with Crippen molar-refractivity contribution in [2.45, 2.75) is 0 Å². The van der Waals surface area contributed by atoms with Crippen molar-refractivity contribution in [3.8, 4) is 22.5 Å². The Morgan fingerprint density at radius 2 is 0.982 bits per heavy atom. The molecule has 260 valence electrons. The number of rotatable bonds is 3. The van der Waals surface area contributed by atoms with Gasteiger partial charge in [0.1, 0.15) is 11.2 Å². The van der Waals surface area contributed by atoms with Crippen molar-refractivity contribution in [1.82, 2.24) is 9.13 Å². The van der Waals surface area contributed by atoms with E-state index in [2.05, 4.69) is 191 Å². The smallest absolute Gasteiger partial charge is 0.144 e. The molecule has 0 aliphatic heterocycles. The van der Waals surface area contributed by atoms with E-state index in [-0.39, 0.29) is 0 Å². The van der Waals surface area contributed by atoms with E-state index in [1.54, 1.807) is 0 Å². The third-order valence-electron chi connectivity index (χ3n) is 11.9. The predicted molar refractivity (Wildman–Crippen MR) is 238 cm³/mol. The molecule has 4 heterocycles. The van der Waals surface area contributed by atoms with Crippen LogP contribution in [0.15, 0.2) is 186 Å². The van der Waals surface area contributed by atoms with Crippen LogP contribution in [0, 0.1) is 0 Å². The van der Waals surface area contributed by atoms with E-state index in [1.165, 1.54) is 91.4 Å². The van der Waals surface area contributed by atoms with Gasteiger partial charge in [-0.15, -0.1) is 11.3 Å². The molecular formula is C52H30N2OS. The largest absolute Gasteiger partial charge is 0.455 e. The Morgan fingerprint density at radius 3 is 1.77 bits per heavy atom. The number of fused-ring (bicyclic) bond motifs is 14. The number of aromatic nitrogens is 2. The van der Waals surface area contributed by atoms with Crippen molar-refractivity contribution < 1.29 is 4.42 Å². The van der Waals surface area contributed by atoms with Crippen LogP contribution in [0.2, 0.25) is 0 Å². The van der Waals surface area contributed by atoms with Crippen molar-refractivity contribution in [3.05, 3.63) is 182 Å². The van der Waals surface area contributed by atoms with Gasteiger partial charge >= 0.3 is 0 Å². The van der Waals surface area contributed by atoms with Gasteiger partial charge < -0.3 is 13.6 Å². The summed E-state index contributed by atoms with van der Waals surface area (Å²) in [5, 5.41) is 12.2. The van der Waals surface area contributed by atoms with Crippen molar-refractivity contribution in [1.29, 1.82) is 0 Å². The highest BCUT2D eigenvalue weighted by atomic mass is 32.1. The molecule has 0 saturated heterocycles. The maximum absolute atomic E-state index is 6.78. The second kappa shape index (κ2) is 11.2. The van der Waals surface area contributed by atoms with Gasteiger partial charge in [-0.1, -0.05) is 103 Å². The number of hydrogen-bond donors (Lipinski definition) is 0. The van der Waals surface area contributed by atoms with Gasteiger partial charge in [0, 0.05) is 69.6 Å². The molecule has 9 aromatic carbocycles. The zero-order valence-electron chi connectivity index (χ0n) is 30.0. The molecule has 13 aromatic rings. The Morgan fingerprint density at radius 1 is 0.375 bits per heavy atom. The highest BCUT2D eigenvalue weighted by Gasteiger charge is 2.19. The molecule has 4 heteroatoms. The van der Waals surface area contributed by atoms with Gasteiger partial charge in [0.15, 0.2) is 0 Å². The summed E-state index contributed by atoms with van der Waals surface area (Å²) in [6.07, 6.45) is 0. The topological polar surface area (TPSA) is 23.0 Å². The number of benzene rings is 9. The summed E-state index contributed by atoms with van der Waals surface area (Å²) in [7, 11) is 0. The molecule has 13 rings (SSSR count). The van der Waals surface area contributed by atoms with Gasteiger partial charge in [-0.25, -0.2) is 0 Å². The first-order valence-corrected chi connectivity index (χ1v) is 19.9. The summed E-state index contributed by atoms with van der Waals surface area (Å²) < 4.78 is 14.1. The third-order valence-corrected chi connectivity index (χ3v) is 13.0. The van der Waals surface area contributed by atoms with Crippen LogP contribution in [-0.4, -0.2) is 9.13 Å². The van der Waals surface area contributed by atoms with Crippen molar-refractivity contribution >= 4 is 108 Å². The summed E-state index contributed by atoms with van der Waals surface area (Å²) in [5.41, 5.74) is 11.3. The fraction of sp³-hybridized carbons (Fsp3) is 0. The first-order valence-electron chi connectivity index (χ1n) is 19.1. The van der Waals surface area contributed by atoms with E-state index >= 15 is 0 Å². The van der Waals surface area contributed by atoms with E-state index in [1.807, 2.05) is 11.3 Å². The van der Waals surface area contributed by atoms with Crippen molar-refractivity contribution in [2.24, 2.45) is 0 Å². The second-order valence-corrected chi connectivity index (χ2v) is 15.9. The lowest BCUT2D eigenvalue weighted by Gasteiger charge is -2.12. The zero-order valence-corrected chi connectivity index (χ0v) is 30.8. The Balaban J connectivity index is 0.982. The summed E-state index contributed by atoms with van der Waals surface area (Å²) in [5.74, 6) is 0. The van der Waals surface area contributed by atoms with E-state index in [0.29, 0.717) is 0 Å². The molecular weight excluding hydrogens is 701 g/mol. The summed E-state index contributed by atoms with van der Waals surface area (Å²) in [4.78, 5) is 0. The van der Waals surface area contributed by atoms with E-state index in [9.17, 15) is 0 Å². The Kier molecular flexibility index (Phi) is 6.04. The van der Waals surface area contributed by atoms with Crippen LogP contribution >= 0.6 is 11.3 Å². The van der Waals surface area contributed by atoms with Crippen LogP contribution in [0.1, 0.15) is 0 Å². The molecule has 0 amide bonds. The molecule has 0 fully saturated rings. The van der Waals surface area contributed by atoms with Crippen molar-refractivity contribution in [3.63, 3.8) is 0 Å². The normalized spacial score (nSPS) is 12.3. The van der Waals surface area contributed by atoms with Crippen molar-refractivity contribution in [2.75, 3.05) is 0 Å². The number of furan rings is 1. The second-order valence-electron chi connectivity index (χ2n) is 14.9. The molecule has 0 atom stereocenters. The number of nitrogens with zero attached hydrogens (tertiary/aromatic N) is 2. The van der Waals surface area contributed by atoms with E-state index in [4.69, 9.17) is 4.42 Å². The van der Waals surface area contributed by atoms with Crippen LogP contribution in [-0.2, 0) is 0 Å². The summed E-state index contributed by atoms with van der Waals surface area (Å²) in [6, 6.07) is 66.5. The first kappa shape index (κ1) is 30.2. The van der Waals surface area contributed by atoms with Gasteiger partial charge in [-0.05, 0) is 89.3 Å². The highest BCUT2D eigenvalue weighted by Crippen LogP contribution is 2.43.